The number of quaternary nitrogens is 2. The third-order valence-corrected chi connectivity index (χ3v) is 7.95. The van der Waals surface area contributed by atoms with Gasteiger partial charge in [0.25, 0.3) is 0 Å². The number of nitrogens with zero attached hydrogens (tertiary/aromatic N) is 2. The molecule has 0 aliphatic rings. The summed E-state index contributed by atoms with van der Waals surface area (Å²) >= 11 is 0. The Morgan fingerprint density at radius 2 is 0.590 bits per heavy atom. The van der Waals surface area contributed by atoms with E-state index in [0.717, 1.165) is 0 Å². The van der Waals surface area contributed by atoms with Crippen molar-refractivity contribution in [2.24, 2.45) is 0 Å². The molecule has 7 heteroatoms. The summed E-state index contributed by atoms with van der Waals surface area (Å²) in [4.78, 5) is 0. The molecule has 0 fully saturated rings. The van der Waals surface area contributed by atoms with Crippen LogP contribution in [0.2, 0.25) is 0 Å². The van der Waals surface area contributed by atoms with Gasteiger partial charge in [-0.2, -0.15) is 0 Å². The summed E-state index contributed by atoms with van der Waals surface area (Å²) < 4.78 is 36.5. The molecule has 0 aliphatic heterocycles. The summed E-state index contributed by atoms with van der Waals surface area (Å²) in [7, 11) is 4.20. The molecule has 0 rings (SSSR count). The van der Waals surface area contributed by atoms with E-state index in [9.17, 15) is 0 Å². The Hall–Kier alpha value is -0.210. The van der Waals surface area contributed by atoms with Crippen molar-refractivity contribution in [2.75, 3.05) is 54.4 Å². The molecule has 0 aromatic rings. The van der Waals surface area contributed by atoms with Crippen LogP contribution in [-0.2, 0) is 10.4 Å². The molecular weight excluding hydrogens is 508 g/mol. The monoisotopic (exact) mass is 581 g/mol. The average molecular weight is 581 g/mol. The van der Waals surface area contributed by atoms with Gasteiger partial charge in [-0.1, -0.05) is 117 Å². The second-order valence-electron chi connectivity index (χ2n) is 12.7. The highest BCUT2D eigenvalue weighted by atomic mass is 32.3. The molecule has 0 aromatic heterocycles. The van der Waals surface area contributed by atoms with Crippen LogP contribution in [-0.4, -0.2) is 80.9 Å². The van der Waals surface area contributed by atoms with E-state index >= 15 is 0 Å². The van der Waals surface area contributed by atoms with Crippen molar-refractivity contribution in [3.8, 4) is 0 Å². The molecule has 0 amide bonds. The van der Waals surface area contributed by atoms with Crippen LogP contribution in [0, 0.1) is 0 Å². The summed E-state index contributed by atoms with van der Waals surface area (Å²) in [6, 6.07) is 0. The Bertz CT molecular complexity index is 537. The van der Waals surface area contributed by atoms with Gasteiger partial charge in [-0.3, -0.25) is 8.42 Å². The Morgan fingerprint density at radius 3 is 0.769 bits per heavy atom. The van der Waals surface area contributed by atoms with Crippen molar-refractivity contribution in [2.45, 2.75) is 156 Å². The lowest BCUT2D eigenvalue weighted by molar-refractivity contribution is -0.888. The summed E-state index contributed by atoms with van der Waals surface area (Å²) in [5.41, 5.74) is 0. The van der Waals surface area contributed by atoms with Gasteiger partial charge >= 0.3 is 0 Å². The second kappa shape index (κ2) is 29.3. The molecule has 0 N–H and O–H groups in total. The van der Waals surface area contributed by atoms with Crippen molar-refractivity contribution >= 4 is 10.4 Å². The highest BCUT2D eigenvalue weighted by Gasteiger charge is 2.10. The molecule has 0 spiro atoms. The first-order valence-corrected chi connectivity index (χ1v) is 17.9. The smallest absolute Gasteiger partial charge is 0.0782 e. The van der Waals surface area contributed by atoms with Crippen LogP contribution in [0.15, 0.2) is 0 Å². The van der Waals surface area contributed by atoms with E-state index in [1.54, 1.807) is 0 Å². The Morgan fingerprint density at radius 1 is 0.410 bits per heavy atom. The fraction of sp³-hybridized carbons (Fsp3) is 1.00. The van der Waals surface area contributed by atoms with E-state index in [-0.39, 0.29) is 0 Å². The average Bonchev–Trinajstić information content (AvgIpc) is 2.85. The van der Waals surface area contributed by atoms with Gasteiger partial charge < -0.3 is 18.1 Å². The Kier molecular flexibility index (Phi) is 32.5. The Labute approximate surface area is 247 Å². The molecule has 39 heavy (non-hydrogen) atoms. The van der Waals surface area contributed by atoms with E-state index in [4.69, 9.17) is 17.5 Å². The van der Waals surface area contributed by atoms with Crippen molar-refractivity contribution in [1.29, 1.82) is 0 Å². The number of unbranched alkanes of at least 4 members (excludes halogenated alkanes) is 18. The van der Waals surface area contributed by atoms with Gasteiger partial charge in [-0.05, 0) is 39.5 Å². The minimum atomic E-state index is -5.17. The highest BCUT2D eigenvalue weighted by molar-refractivity contribution is 7.79. The fourth-order valence-electron chi connectivity index (χ4n) is 4.37. The number of hydrogen-bond donors (Lipinski definition) is 0. The third kappa shape index (κ3) is 47.9. The molecule has 0 bridgehead atoms. The lowest BCUT2D eigenvalue weighted by Crippen LogP contribution is -2.39. The largest absolute Gasteiger partial charge is 0.759 e. The molecular formula is C32H72N2O4S. The predicted molar refractivity (Wildman–Crippen MR) is 169 cm³/mol. The lowest BCUT2D eigenvalue weighted by atomic mass is 10.1. The molecule has 0 unspecified atom stereocenters. The maximum Gasteiger partial charge on any atom is 0.0782 e. The fourth-order valence-corrected chi connectivity index (χ4v) is 4.37. The molecule has 0 saturated carbocycles. The van der Waals surface area contributed by atoms with Crippen LogP contribution in [0.5, 0.6) is 0 Å². The first-order valence-electron chi connectivity index (χ1n) is 16.5. The molecule has 0 saturated heterocycles. The van der Waals surface area contributed by atoms with Gasteiger partial charge in [0.15, 0.2) is 0 Å². The van der Waals surface area contributed by atoms with Crippen LogP contribution in [0.25, 0.3) is 0 Å². The van der Waals surface area contributed by atoms with Crippen LogP contribution in [0.1, 0.15) is 156 Å². The summed E-state index contributed by atoms with van der Waals surface area (Å²) in [5, 5.41) is 0. The number of rotatable bonds is 24. The maximum atomic E-state index is 8.52. The zero-order valence-corrected chi connectivity index (χ0v) is 28.7. The van der Waals surface area contributed by atoms with Gasteiger partial charge in [0.2, 0.25) is 0 Å². The summed E-state index contributed by atoms with van der Waals surface area (Å²) in [6.45, 7) is 14.4. The van der Waals surface area contributed by atoms with E-state index in [2.05, 4.69) is 55.9 Å². The van der Waals surface area contributed by atoms with Crippen LogP contribution >= 0.6 is 0 Å². The predicted octanol–water partition coefficient (Wildman–Crippen LogP) is 8.67. The molecule has 0 radical (unpaired) electrons. The van der Waals surface area contributed by atoms with Crippen molar-refractivity contribution in [1.82, 2.24) is 0 Å². The van der Waals surface area contributed by atoms with Gasteiger partial charge in [0.1, 0.15) is 0 Å². The quantitative estimate of drug-likeness (QED) is 0.0495. The topological polar surface area (TPSA) is 80.3 Å². The normalized spacial score (nSPS) is 11.9. The molecule has 240 valence electrons. The first kappa shape index (κ1) is 43.2. The van der Waals surface area contributed by atoms with Crippen LogP contribution in [0.3, 0.4) is 0 Å². The van der Waals surface area contributed by atoms with E-state index in [0.29, 0.717) is 0 Å². The van der Waals surface area contributed by atoms with Gasteiger partial charge in [0.05, 0.1) is 54.4 Å². The third-order valence-electron chi connectivity index (χ3n) is 7.95. The van der Waals surface area contributed by atoms with Gasteiger partial charge in [-0.15, -0.1) is 0 Å². The summed E-state index contributed by atoms with van der Waals surface area (Å²) in [5.74, 6) is 0. The van der Waals surface area contributed by atoms with Crippen molar-refractivity contribution in [3.05, 3.63) is 0 Å². The zero-order valence-electron chi connectivity index (χ0n) is 27.9. The molecule has 0 aromatic carbocycles. The first-order chi connectivity index (χ1) is 18.2. The molecule has 6 nitrogen and oxygen atoms in total. The minimum Gasteiger partial charge on any atom is -0.759 e. The molecule has 0 atom stereocenters. The lowest BCUT2D eigenvalue weighted by Gasteiger charge is -2.28. The molecule has 0 aliphatic carbocycles. The van der Waals surface area contributed by atoms with E-state index in [1.165, 1.54) is 164 Å². The Balaban J connectivity index is -0.000000566. The van der Waals surface area contributed by atoms with Crippen molar-refractivity contribution < 1.29 is 26.5 Å². The second-order valence-corrected chi connectivity index (χ2v) is 13.5. The minimum absolute atomic E-state index is 1.19. The van der Waals surface area contributed by atoms with Gasteiger partial charge in [0, 0.05) is 10.4 Å². The van der Waals surface area contributed by atoms with Gasteiger partial charge in [-0.25, -0.2) is 0 Å². The van der Waals surface area contributed by atoms with E-state index < -0.39 is 10.4 Å². The van der Waals surface area contributed by atoms with Crippen LogP contribution in [0.4, 0.5) is 0 Å². The SMILES string of the molecule is CCCCCCCCCCCC[N+](C)(C)CC.CCCCCCCCCCCC[N+](C)(C)CC.O=S(=O)([O-])[O-]. The maximum absolute atomic E-state index is 8.52. The standard InChI is InChI=1S/2C16H36N.H2O4S/c2*1-5-7-8-9-10-11-12-13-14-15-16-17(3,4)6-2;1-5(2,3)4/h2*5-16H2,1-4H3;(H2,1,2,3,4)/q2*+1;/p-2. The molecule has 0 heterocycles. The van der Waals surface area contributed by atoms with Crippen molar-refractivity contribution in [3.63, 3.8) is 0 Å². The van der Waals surface area contributed by atoms with E-state index in [1.807, 2.05) is 0 Å². The number of hydrogen-bond acceptors (Lipinski definition) is 4. The summed E-state index contributed by atoms with van der Waals surface area (Å²) in [6.07, 6.45) is 28.9. The highest BCUT2D eigenvalue weighted by Crippen LogP contribution is 2.12. The van der Waals surface area contributed by atoms with Crippen LogP contribution < -0.4 is 0 Å². The zero-order chi connectivity index (χ0) is 30.5.